The standard InChI is InChI=1S/C18H17FN4/c1-23(15-6-3-2-4-7-15)17-10-9-14(12-21-17)13-22-18-16(19)8-5-11-20-18/h2-12H,13H2,1H3,(H,20,22). The summed E-state index contributed by atoms with van der Waals surface area (Å²) >= 11 is 0. The van der Waals surface area contributed by atoms with Gasteiger partial charge in [-0.3, -0.25) is 0 Å². The van der Waals surface area contributed by atoms with E-state index in [1.807, 2.05) is 54.4 Å². The maximum atomic E-state index is 13.5. The molecular weight excluding hydrogens is 291 g/mol. The number of aromatic nitrogens is 2. The number of nitrogens with zero attached hydrogens (tertiary/aromatic N) is 3. The van der Waals surface area contributed by atoms with Crippen molar-refractivity contribution in [3.63, 3.8) is 0 Å². The molecule has 1 aromatic carbocycles. The van der Waals surface area contributed by atoms with Crippen LogP contribution in [0.25, 0.3) is 0 Å². The fraction of sp³-hybridized carbons (Fsp3) is 0.111. The summed E-state index contributed by atoms with van der Waals surface area (Å²) in [6.45, 7) is 0.469. The summed E-state index contributed by atoms with van der Waals surface area (Å²) in [6, 6.07) is 16.9. The lowest BCUT2D eigenvalue weighted by atomic mass is 10.2. The molecule has 0 saturated carbocycles. The molecule has 0 fully saturated rings. The van der Waals surface area contributed by atoms with Crippen molar-refractivity contribution in [1.82, 2.24) is 9.97 Å². The van der Waals surface area contributed by atoms with Crippen LogP contribution in [0.4, 0.5) is 21.7 Å². The molecule has 0 aliphatic carbocycles. The Hall–Kier alpha value is -2.95. The zero-order chi connectivity index (χ0) is 16.1. The van der Waals surface area contributed by atoms with E-state index >= 15 is 0 Å². The minimum absolute atomic E-state index is 0.248. The van der Waals surface area contributed by atoms with Crippen molar-refractivity contribution in [2.24, 2.45) is 0 Å². The number of halogens is 1. The van der Waals surface area contributed by atoms with Gasteiger partial charge in [-0.1, -0.05) is 24.3 Å². The number of anilines is 3. The number of hydrogen-bond acceptors (Lipinski definition) is 4. The van der Waals surface area contributed by atoms with Crippen LogP contribution in [0, 0.1) is 5.82 Å². The third kappa shape index (κ3) is 3.63. The second kappa shape index (κ2) is 6.87. The van der Waals surface area contributed by atoms with Gasteiger partial charge >= 0.3 is 0 Å². The minimum atomic E-state index is -0.360. The van der Waals surface area contributed by atoms with Gasteiger partial charge in [0.25, 0.3) is 0 Å². The summed E-state index contributed by atoms with van der Waals surface area (Å²) in [7, 11) is 1.97. The lowest BCUT2D eigenvalue weighted by Gasteiger charge is -2.18. The Kier molecular flexibility index (Phi) is 4.47. The van der Waals surface area contributed by atoms with Crippen LogP contribution >= 0.6 is 0 Å². The van der Waals surface area contributed by atoms with E-state index in [0.29, 0.717) is 6.54 Å². The second-order valence-corrected chi connectivity index (χ2v) is 5.11. The van der Waals surface area contributed by atoms with Gasteiger partial charge in [-0.15, -0.1) is 0 Å². The molecule has 0 saturated heterocycles. The SMILES string of the molecule is CN(c1ccccc1)c1ccc(CNc2ncccc2F)cn1. The van der Waals surface area contributed by atoms with E-state index < -0.39 is 0 Å². The van der Waals surface area contributed by atoms with Gasteiger partial charge in [0.15, 0.2) is 11.6 Å². The Bertz CT molecular complexity index is 759. The number of benzene rings is 1. The third-order valence-electron chi connectivity index (χ3n) is 3.51. The van der Waals surface area contributed by atoms with Gasteiger partial charge in [-0.25, -0.2) is 14.4 Å². The van der Waals surface area contributed by atoms with Gasteiger partial charge in [-0.05, 0) is 35.9 Å². The summed E-state index contributed by atoms with van der Waals surface area (Å²) in [5.41, 5.74) is 2.03. The molecule has 2 aromatic heterocycles. The largest absolute Gasteiger partial charge is 0.364 e. The van der Waals surface area contributed by atoms with E-state index in [9.17, 15) is 4.39 Å². The molecule has 0 radical (unpaired) electrons. The van der Waals surface area contributed by atoms with E-state index in [-0.39, 0.29) is 11.6 Å². The first-order valence-electron chi connectivity index (χ1n) is 7.32. The van der Waals surface area contributed by atoms with Crippen molar-refractivity contribution < 1.29 is 4.39 Å². The van der Waals surface area contributed by atoms with Gasteiger partial charge in [0, 0.05) is 31.7 Å². The quantitative estimate of drug-likeness (QED) is 0.773. The average molecular weight is 308 g/mol. The monoisotopic (exact) mass is 308 g/mol. The Morgan fingerprint density at radius 1 is 1.00 bits per heavy atom. The summed E-state index contributed by atoms with van der Waals surface area (Å²) in [4.78, 5) is 10.4. The van der Waals surface area contributed by atoms with Crippen LogP contribution in [0.2, 0.25) is 0 Å². The average Bonchev–Trinajstić information content (AvgIpc) is 2.62. The molecule has 5 heteroatoms. The fourth-order valence-electron chi connectivity index (χ4n) is 2.21. The fourth-order valence-corrected chi connectivity index (χ4v) is 2.21. The van der Waals surface area contributed by atoms with Crippen molar-refractivity contribution in [1.29, 1.82) is 0 Å². The summed E-state index contributed by atoms with van der Waals surface area (Å²) < 4.78 is 13.5. The number of nitrogens with one attached hydrogen (secondary N) is 1. The zero-order valence-electron chi connectivity index (χ0n) is 12.8. The highest BCUT2D eigenvalue weighted by molar-refractivity contribution is 5.58. The Labute approximate surface area is 134 Å². The Balaban J connectivity index is 1.67. The normalized spacial score (nSPS) is 10.3. The van der Waals surface area contributed by atoms with E-state index in [4.69, 9.17) is 0 Å². The lowest BCUT2D eigenvalue weighted by Crippen LogP contribution is -2.11. The molecule has 23 heavy (non-hydrogen) atoms. The first-order valence-corrected chi connectivity index (χ1v) is 7.32. The van der Waals surface area contributed by atoms with E-state index in [1.165, 1.54) is 6.07 Å². The molecule has 3 rings (SSSR count). The van der Waals surface area contributed by atoms with Gasteiger partial charge in [0.05, 0.1) is 0 Å². The Morgan fingerprint density at radius 2 is 1.83 bits per heavy atom. The van der Waals surface area contributed by atoms with Gasteiger partial charge in [0.2, 0.25) is 0 Å². The maximum absolute atomic E-state index is 13.5. The summed E-state index contributed by atoms with van der Waals surface area (Å²) in [5.74, 6) is 0.739. The summed E-state index contributed by atoms with van der Waals surface area (Å²) in [6.07, 6.45) is 3.34. The maximum Gasteiger partial charge on any atom is 0.165 e. The molecule has 0 amide bonds. The molecule has 0 atom stereocenters. The van der Waals surface area contributed by atoms with Crippen molar-refractivity contribution in [3.8, 4) is 0 Å². The van der Waals surface area contributed by atoms with Crippen LogP contribution in [0.5, 0.6) is 0 Å². The van der Waals surface area contributed by atoms with Gasteiger partial charge in [0.1, 0.15) is 5.82 Å². The molecule has 0 unspecified atom stereocenters. The van der Waals surface area contributed by atoms with E-state index in [2.05, 4.69) is 15.3 Å². The van der Waals surface area contributed by atoms with Crippen LogP contribution < -0.4 is 10.2 Å². The molecule has 3 aromatic rings. The first-order chi connectivity index (χ1) is 11.2. The highest BCUT2D eigenvalue weighted by atomic mass is 19.1. The Morgan fingerprint density at radius 3 is 2.52 bits per heavy atom. The predicted octanol–water partition coefficient (Wildman–Crippen LogP) is 4.00. The smallest absolute Gasteiger partial charge is 0.165 e. The minimum Gasteiger partial charge on any atom is -0.364 e. The highest BCUT2D eigenvalue weighted by Gasteiger charge is 2.05. The molecule has 0 aliphatic heterocycles. The number of pyridine rings is 2. The predicted molar refractivity (Wildman–Crippen MR) is 90.3 cm³/mol. The van der Waals surface area contributed by atoms with Crippen molar-refractivity contribution in [2.75, 3.05) is 17.3 Å². The van der Waals surface area contributed by atoms with Crippen LogP contribution in [0.15, 0.2) is 67.0 Å². The topological polar surface area (TPSA) is 41.0 Å². The highest BCUT2D eigenvalue weighted by Crippen LogP contribution is 2.21. The van der Waals surface area contributed by atoms with Crippen molar-refractivity contribution >= 4 is 17.3 Å². The van der Waals surface area contributed by atoms with Gasteiger partial charge < -0.3 is 10.2 Å². The third-order valence-corrected chi connectivity index (χ3v) is 3.51. The van der Waals surface area contributed by atoms with E-state index in [0.717, 1.165) is 17.1 Å². The molecule has 0 bridgehead atoms. The van der Waals surface area contributed by atoms with Crippen LogP contribution in [-0.4, -0.2) is 17.0 Å². The van der Waals surface area contributed by atoms with Crippen LogP contribution in [0.1, 0.15) is 5.56 Å². The van der Waals surface area contributed by atoms with Crippen molar-refractivity contribution in [3.05, 3.63) is 78.4 Å². The molecule has 2 heterocycles. The zero-order valence-corrected chi connectivity index (χ0v) is 12.8. The van der Waals surface area contributed by atoms with Crippen molar-refractivity contribution in [2.45, 2.75) is 6.54 Å². The number of para-hydroxylation sites is 1. The van der Waals surface area contributed by atoms with Crippen LogP contribution in [-0.2, 0) is 6.54 Å². The molecular formula is C18H17FN4. The van der Waals surface area contributed by atoms with E-state index in [1.54, 1.807) is 18.5 Å². The molecule has 0 aliphatic rings. The molecule has 0 spiro atoms. The molecule has 4 nitrogen and oxygen atoms in total. The second-order valence-electron chi connectivity index (χ2n) is 5.11. The number of hydrogen-bond donors (Lipinski definition) is 1. The molecule has 116 valence electrons. The first kappa shape index (κ1) is 15.0. The van der Waals surface area contributed by atoms with Crippen LogP contribution in [0.3, 0.4) is 0 Å². The molecule has 1 N–H and O–H groups in total. The van der Waals surface area contributed by atoms with Gasteiger partial charge in [-0.2, -0.15) is 0 Å². The summed E-state index contributed by atoms with van der Waals surface area (Å²) in [5, 5.41) is 2.97. The number of rotatable bonds is 5. The lowest BCUT2D eigenvalue weighted by molar-refractivity contribution is 0.624.